The minimum Gasteiger partial charge on any atom is -0.356 e. The summed E-state index contributed by atoms with van der Waals surface area (Å²) < 4.78 is 0. The molecule has 21 heavy (non-hydrogen) atoms. The van der Waals surface area contributed by atoms with Crippen molar-refractivity contribution in [1.82, 2.24) is 10.6 Å². The summed E-state index contributed by atoms with van der Waals surface area (Å²) in [6.07, 6.45) is 3.89. The van der Waals surface area contributed by atoms with Crippen LogP contribution in [0.2, 0.25) is 0 Å². The molecule has 1 fully saturated rings. The molecule has 1 aromatic rings. The molecule has 0 bridgehead atoms. The van der Waals surface area contributed by atoms with Crippen molar-refractivity contribution in [2.24, 2.45) is 4.99 Å². The summed E-state index contributed by atoms with van der Waals surface area (Å²) in [5.74, 6) is 2.91. The van der Waals surface area contributed by atoms with Crippen LogP contribution >= 0.6 is 35.7 Å². The quantitative estimate of drug-likeness (QED) is 0.449. The molecule has 3 rings (SSSR count). The Kier molecular flexibility index (Phi) is 6.67. The molecule has 5 heteroatoms. The molecule has 0 radical (unpaired) electrons. The predicted octanol–water partition coefficient (Wildman–Crippen LogP) is 3.00. The van der Waals surface area contributed by atoms with Crippen molar-refractivity contribution in [3.8, 4) is 0 Å². The number of hydrogen-bond acceptors (Lipinski definition) is 2. The number of halogens is 1. The van der Waals surface area contributed by atoms with Gasteiger partial charge in [0, 0.05) is 31.3 Å². The van der Waals surface area contributed by atoms with Crippen LogP contribution in [0.15, 0.2) is 29.3 Å². The van der Waals surface area contributed by atoms with Crippen molar-refractivity contribution in [2.45, 2.75) is 30.4 Å². The molecule has 116 valence electrons. The van der Waals surface area contributed by atoms with Crippen molar-refractivity contribution in [3.05, 3.63) is 35.4 Å². The van der Waals surface area contributed by atoms with Gasteiger partial charge < -0.3 is 10.6 Å². The number of fused-ring (bicyclic) bond motifs is 1. The van der Waals surface area contributed by atoms with Crippen LogP contribution in [0.1, 0.15) is 29.9 Å². The van der Waals surface area contributed by atoms with E-state index in [9.17, 15) is 0 Å². The van der Waals surface area contributed by atoms with Crippen molar-refractivity contribution in [3.63, 3.8) is 0 Å². The van der Waals surface area contributed by atoms with Gasteiger partial charge in [-0.1, -0.05) is 24.3 Å². The van der Waals surface area contributed by atoms with Crippen molar-refractivity contribution in [1.29, 1.82) is 0 Å². The van der Waals surface area contributed by atoms with Crippen LogP contribution < -0.4 is 10.6 Å². The van der Waals surface area contributed by atoms with Gasteiger partial charge in [0.1, 0.15) is 0 Å². The number of thioether (sulfide) groups is 1. The van der Waals surface area contributed by atoms with Crippen LogP contribution in [-0.4, -0.2) is 37.1 Å². The Morgan fingerprint density at radius 2 is 2.10 bits per heavy atom. The minimum absolute atomic E-state index is 0. The van der Waals surface area contributed by atoms with Gasteiger partial charge in [0.2, 0.25) is 0 Å². The Bertz CT molecular complexity index is 486. The molecular formula is C16H24IN3S. The second kappa shape index (κ2) is 8.27. The molecule has 2 atom stereocenters. The predicted molar refractivity (Wildman–Crippen MR) is 103 cm³/mol. The molecule has 0 aromatic heterocycles. The second-order valence-corrected chi connectivity index (χ2v) is 6.98. The maximum atomic E-state index is 4.32. The van der Waals surface area contributed by atoms with Crippen LogP contribution in [-0.2, 0) is 6.42 Å². The summed E-state index contributed by atoms with van der Waals surface area (Å²) >= 11 is 2.08. The lowest BCUT2D eigenvalue weighted by molar-refractivity contribution is 0.583. The van der Waals surface area contributed by atoms with Crippen molar-refractivity contribution < 1.29 is 0 Å². The van der Waals surface area contributed by atoms with Crippen LogP contribution in [0, 0.1) is 0 Å². The van der Waals surface area contributed by atoms with E-state index >= 15 is 0 Å². The first-order valence-electron chi connectivity index (χ1n) is 7.50. The third-order valence-corrected chi connectivity index (χ3v) is 5.62. The third kappa shape index (κ3) is 4.28. The SMILES string of the molecule is CN=C(NCC1CCCS1)NCC1Cc2ccccc21.I. The molecule has 1 aromatic carbocycles. The molecule has 2 N–H and O–H groups in total. The first-order chi connectivity index (χ1) is 9.86. The van der Waals surface area contributed by atoms with E-state index < -0.39 is 0 Å². The molecule has 1 heterocycles. The van der Waals surface area contributed by atoms with Gasteiger partial charge in [0.15, 0.2) is 5.96 Å². The van der Waals surface area contributed by atoms with E-state index in [0.717, 1.165) is 24.3 Å². The summed E-state index contributed by atoms with van der Waals surface area (Å²) in [5, 5.41) is 7.68. The highest BCUT2D eigenvalue weighted by Crippen LogP contribution is 2.33. The smallest absolute Gasteiger partial charge is 0.191 e. The number of benzene rings is 1. The fraction of sp³-hybridized carbons (Fsp3) is 0.562. The first kappa shape index (κ1) is 16.9. The Hall–Kier alpha value is -0.430. The van der Waals surface area contributed by atoms with Gasteiger partial charge in [-0.2, -0.15) is 11.8 Å². The van der Waals surface area contributed by atoms with Crippen LogP contribution in [0.5, 0.6) is 0 Å². The molecule has 0 saturated carbocycles. The monoisotopic (exact) mass is 417 g/mol. The average molecular weight is 417 g/mol. The zero-order valence-corrected chi connectivity index (χ0v) is 15.6. The summed E-state index contributed by atoms with van der Waals surface area (Å²) in [4.78, 5) is 4.32. The molecule has 2 aliphatic rings. The maximum absolute atomic E-state index is 4.32. The zero-order chi connectivity index (χ0) is 13.8. The number of rotatable bonds is 4. The van der Waals surface area contributed by atoms with E-state index in [1.54, 1.807) is 0 Å². The van der Waals surface area contributed by atoms with Crippen LogP contribution in [0.4, 0.5) is 0 Å². The minimum atomic E-state index is 0. The van der Waals surface area contributed by atoms with Gasteiger partial charge in [0.05, 0.1) is 0 Å². The number of aliphatic imine (C=N–C) groups is 1. The van der Waals surface area contributed by atoms with E-state index in [1.807, 2.05) is 7.05 Å². The fourth-order valence-corrected chi connectivity index (χ4v) is 4.20. The highest BCUT2D eigenvalue weighted by Gasteiger charge is 2.25. The van der Waals surface area contributed by atoms with Gasteiger partial charge in [-0.3, -0.25) is 4.99 Å². The Labute approximate surface area is 148 Å². The molecule has 3 nitrogen and oxygen atoms in total. The second-order valence-electron chi connectivity index (χ2n) is 5.57. The van der Waals surface area contributed by atoms with Crippen LogP contribution in [0.3, 0.4) is 0 Å². The summed E-state index contributed by atoms with van der Waals surface area (Å²) in [7, 11) is 1.85. The Balaban J connectivity index is 0.00000161. The highest BCUT2D eigenvalue weighted by atomic mass is 127. The fourth-order valence-electron chi connectivity index (χ4n) is 3.00. The standard InChI is InChI=1S/C16H23N3S.HI/c1-17-16(19-11-14-6-4-8-20-14)18-10-13-9-12-5-2-3-7-15(12)13;/h2-3,5,7,13-14H,4,6,8-11H2,1H3,(H2,17,18,19);1H. The van der Waals surface area contributed by atoms with Crippen molar-refractivity contribution in [2.75, 3.05) is 25.9 Å². The number of guanidine groups is 1. The van der Waals surface area contributed by atoms with E-state index in [1.165, 1.54) is 36.1 Å². The van der Waals surface area contributed by atoms with Gasteiger partial charge in [-0.25, -0.2) is 0 Å². The topological polar surface area (TPSA) is 36.4 Å². The zero-order valence-electron chi connectivity index (χ0n) is 12.5. The number of nitrogens with one attached hydrogen (secondary N) is 2. The van der Waals surface area contributed by atoms with E-state index in [-0.39, 0.29) is 24.0 Å². The largest absolute Gasteiger partial charge is 0.356 e. The Morgan fingerprint density at radius 1 is 1.29 bits per heavy atom. The molecule has 0 spiro atoms. The van der Waals surface area contributed by atoms with E-state index in [0.29, 0.717) is 5.92 Å². The Morgan fingerprint density at radius 3 is 2.81 bits per heavy atom. The van der Waals surface area contributed by atoms with Gasteiger partial charge >= 0.3 is 0 Å². The third-order valence-electron chi connectivity index (χ3n) is 4.22. The lowest BCUT2D eigenvalue weighted by Crippen LogP contribution is -2.43. The number of nitrogens with zero attached hydrogens (tertiary/aromatic N) is 1. The van der Waals surface area contributed by atoms with Gasteiger partial charge in [-0.05, 0) is 36.1 Å². The van der Waals surface area contributed by atoms with Gasteiger partial charge in [-0.15, -0.1) is 24.0 Å². The number of hydrogen-bond donors (Lipinski definition) is 2. The van der Waals surface area contributed by atoms with Crippen molar-refractivity contribution >= 4 is 41.7 Å². The highest BCUT2D eigenvalue weighted by molar-refractivity contribution is 14.0. The average Bonchev–Trinajstić information content (AvgIpc) is 2.96. The lowest BCUT2D eigenvalue weighted by atomic mass is 9.78. The maximum Gasteiger partial charge on any atom is 0.191 e. The van der Waals surface area contributed by atoms with Gasteiger partial charge in [0.25, 0.3) is 0 Å². The van der Waals surface area contributed by atoms with Crippen LogP contribution in [0.25, 0.3) is 0 Å². The van der Waals surface area contributed by atoms with E-state index in [4.69, 9.17) is 0 Å². The molecule has 0 amide bonds. The summed E-state index contributed by atoms with van der Waals surface area (Å²) in [5.41, 5.74) is 3.01. The molecule has 2 unspecified atom stereocenters. The normalized spacial score (nSPS) is 23.8. The molecule has 1 saturated heterocycles. The molecule has 1 aliphatic heterocycles. The molecular weight excluding hydrogens is 393 g/mol. The molecule has 1 aliphatic carbocycles. The lowest BCUT2D eigenvalue weighted by Gasteiger charge is -2.30. The first-order valence-corrected chi connectivity index (χ1v) is 8.55. The summed E-state index contributed by atoms with van der Waals surface area (Å²) in [6.45, 7) is 2.01. The van der Waals surface area contributed by atoms with E-state index in [2.05, 4.69) is 51.7 Å². The summed E-state index contributed by atoms with van der Waals surface area (Å²) in [6, 6.07) is 8.74.